The number of pyridine rings is 1. The van der Waals surface area contributed by atoms with E-state index in [1.807, 2.05) is 43.3 Å². The number of nitrogens with zero attached hydrogens (tertiary/aromatic N) is 2. The van der Waals surface area contributed by atoms with Crippen LogP contribution in [0.4, 0.5) is 0 Å². The molecule has 3 aromatic rings. The fourth-order valence-electron chi connectivity index (χ4n) is 2.63. The Morgan fingerprint density at radius 2 is 2.00 bits per heavy atom. The van der Waals surface area contributed by atoms with Gasteiger partial charge < -0.3 is 14.5 Å². The first-order valence-electron chi connectivity index (χ1n) is 7.14. The van der Waals surface area contributed by atoms with Crippen molar-refractivity contribution in [2.24, 2.45) is 0 Å². The van der Waals surface area contributed by atoms with Crippen molar-refractivity contribution in [2.45, 2.75) is 6.92 Å². The second kappa shape index (κ2) is 5.24. The van der Waals surface area contributed by atoms with Crippen LogP contribution in [0.2, 0.25) is 0 Å². The Kier molecular flexibility index (Phi) is 3.08. The minimum Gasteiger partial charge on any atom is -0.454 e. The number of aromatic amines is 1. The Morgan fingerprint density at radius 3 is 2.83 bits per heavy atom. The Hall–Kier alpha value is -3.15. The zero-order valence-corrected chi connectivity index (χ0v) is 12.4. The molecule has 0 amide bonds. The third-order valence-corrected chi connectivity index (χ3v) is 3.63. The average Bonchev–Trinajstić information content (AvgIpc) is 3.21. The van der Waals surface area contributed by atoms with Crippen molar-refractivity contribution < 1.29 is 14.3 Å². The van der Waals surface area contributed by atoms with E-state index in [1.165, 1.54) is 0 Å². The number of nitrogens with one attached hydrogen (secondary N) is 1. The van der Waals surface area contributed by atoms with Gasteiger partial charge in [-0.3, -0.25) is 9.78 Å². The first-order valence-corrected chi connectivity index (χ1v) is 7.14. The first-order chi connectivity index (χ1) is 11.3. The molecule has 0 aliphatic carbocycles. The average molecular weight is 307 g/mol. The minimum absolute atomic E-state index is 0.176. The fraction of sp³-hybridized carbons (Fsp3) is 0.118. The molecule has 114 valence electrons. The summed E-state index contributed by atoms with van der Waals surface area (Å²) in [5.74, 6) is 1.54. The second-order valence-corrected chi connectivity index (χ2v) is 5.17. The molecule has 0 bridgehead atoms. The highest BCUT2D eigenvalue weighted by Gasteiger charge is 2.23. The van der Waals surface area contributed by atoms with Gasteiger partial charge >= 0.3 is 0 Å². The van der Waals surface area contributed by atoms with Crippen molar-refractivity contribution in [1.82, 2.24) is 15.0 Å². The molecule has 0 atom stereocenters. The number of carbonyl (C=O) groups is 1. The van der Waals surface area contributed by atoms with E-state index in [2.05, 4.69) is 15.0 Å². The van der Waals surface area contributed by atoms with E-state index in [-0.39, 0.29) is 12.6 Å². The highest BCUT2D eigenvalue weighted by Crippen LogP contribution is 2.43. The molecule has 1 aromatic carbocycles. The first kappa shape index (κ1) is 13.5. The van der Waals surface area contributed by atoms with Crippen molar-refractivity contribution in [3.63, 3.8) is 0 Å². The van der Waals surface area contributed by atoms with Gasteiger partial charge in [0, 0.05) is 11.3 Å². The fourth-order valence-corrected chi connectivity index (χ4v) is 2.63. The monoisotopic (exact) mass is 307 g/mol. The molecule has 0 fully saturated rings. The highest BCUT2D eigenvalue weighted by atomic mass is 16.7. The summed E-state index contributed by atoms with van der Waals surface area (Å²) in [5, 5.41) is 0. The summed E-state index contributed by atoms with van der Waals surface area (Å²) in [6, 6.07) is 11.3. The van der Waals surface area contributed by atoms with Gasteiger partial charge in [-0.1, -0.05) is 12.1 Å². The summed E-state index contributed by atoms with van der Waals surface area (Å²) in [6.45, 7) is 2.09. The van der Waals surface area contributed by atoms with Crippen molar-refractivity contribution in [3.8, 4) is 34.1 Å². The molecule has 3 heterocycles. The molecule has 6 heteroatoms. The van der Waals surface area contributed by atoms with Gasteiger partial charge in [0.25, 0.3) is 0 Å². The maximum atomic E-state index is 11.2. The van der Waals surface area contributed by atoms with E-state index in [9.17, 15) is 4.79 Å². The molecule has 0 saturated carbocycles. The predicted octanol–water partition coefficient (Wildman–Crippen LogP) is 2.99. The third-order valence-electron chi connectivity index (χ3n) is 3.63. The molecule has 1 aliphatic heterocycles. The summed E-state index contributed by atoms with van der Waals surface area (Å²) in [7, 11) is 0. The maximum absolute atomic E-state index is 11.2. The summed E-state index contributed by atoms with van der Waals surface area (Å²) in [5.41, 5.74) is 3.67. The summed E-state index contributed by atoms with van der Waals surface area (Å²) >= 11 is 0. The van der Waals surface area contributed by atoms with Crippen molar-refractivity contribution >= 4 is 6.29 Å². The standard InChI is InChI=1S/C17H13N3O3/c1-10-4-2-6-12(18-10)16-15(19-14(8-21)20-16)11-5-3-7-13-17(11)23-9-22-13/h2-8H,9H2,1H3,(H,19,20). The number of fused-ring (bicyclic) bond motifs is 1. The van der Waals surface area contributed by atoms with Crippen LogP contribution in [0.3, 0.4) is 0 Å². The number of ether oxygens (including phenoxy) is 2. The van der Waals surface area contributed by atoms with Crippen LogP contribution in [0.1, 0.15) is 16.3 Å². The Balaban J connectivity index is 1.94. The molecule has 2 aromatic heterocycles. The minimum atomic E-state index is 0.176. The van der Waals surface area contributed by atoms with E-state index in [0.29, 0.717) is 29.2 Å². The van der Waals surface area contributed by atoms with Crippen LogP contribution in [0, 0.1) is 6.92 Å². The van der Waals surface area contributed by atoms with Gasteiger partial charge in [-0.25, -0.2) is 4.98 Å². The molecule has 1 aliphatic rings. The lowest BCUT2D eigenvalue weighted by Crippen LogP contribution is -1.94. The van der Waals surface area contributed by atoms with E-state index in [1.54, 1.807) is 0 Å². The molecule has 1 N–H and O–H groups in total. The molecule has 0 spiro atoms. The lowest BCUT2D eigenvalue weighted by Gasteiger charge is -2.06. The number of aromatic nitrogens is 3. The van der Waals surface area contributed by atoms with Crippen LogP contribution in [0.15, 0.2) is 36.4 Å². The topological polar surface area (TPSA) is 77.1 Å². The number of hydrogen-bond acceptors (Lipinski definition) is 5. The van der Waals surface area contributed by atoms with Crippen LogP contribution in [-0.2, 0) is 0 Å². The molecular formula is C17H13N3O3. The second-order valence-electron chi connectivity index (χ2n) is 5.17. The van der Waals surface area contributed by atoms with Gasteiger partial charge in [0.2, 0.25) is 6.79 Å². The summed E-state index contributed by atoms with van der Waals surface area (Å²) in [6.07, 6.45) is 0.684. The molecule has 0 unspecified atom stereocenters. The number of aryl methyl sites for hydroxylation is 1. The number of aldehydes is 1. The van der Waals surface area contributed by atoms with E-state index >= 15 is 0 Å². The number of carbonyl (C=O) groups excluding carboxylic acids is 1. The molecule has 0 saturated heterocycles. The zero-order valence-electron chi connectivity index (χ0n) is 12.4. The van der Waals surface area contributed by atoms with Gasteiger partial charge in [0.15, 0.2) is 23.6 Å². The number of H-pyrrole nitrogens is 1. The van der Waals surface area contributed by atoms with Gasteiger partial charge in [-0.2, -0.15) is 0 Å². The van der Waals surface area contributed by atoms with E-state index in [4.69, 9.17) is 9.47 Å². The van der Waals surface area contributed by atoms with Crippen molar-refractivity contribution in [3.05, 3.63) is 47.9 Å². The normalized spacial score (nSPS) is 12.4. The van der Waals surface area contributed by atoms with Gasteiger partial charge in [0.05, 0.1) is 11.4 Å². The van der Waals surface area contributed by atoms with Crippen LogP contribution < -0.4 is 9.47 Å². The molecule has 0 radical (unpaired) electrons. The highest BCUT2D eigenvalue weighted by molar-refractivity contribution is 5.85. The number of imidazole rings is 1. The molecule has 6 nitrogen and oxygen atoms in total. The van der Waals surface area contributed by atoms with Crippen molar-refractivity contribution in [2.75, 3.05) is 6.79 Å². The maximum Gasteiger partial charge on any atom is 0.231 e. The number of rotatable bonds is 3. The Morgan fingerprint density at radius 1 is 1.13 bits per heavy atom. The van der Waals surface area contributed by atoms with Crippen LogP contribution in [-0.4, -0.2) is 28.0 Å². The largest absolute Gasteiger partial charge is 0.454 e. The van der Waals surface area contributed by atoms with E-state index < -0.39 is 0 Å². The molecular weight excluding hydrogens is 294 g/mol. The summed E-state index contributed by atoms with van der Waals surface area (Å²) < 4.78 is 11.0. The lowest BCUT2D eigenvalue weighted by atomic mass is 10.1. The predicted molar refractivity (Wildman–Crippen MR) is 83.5 cm³/mol. The number of para-hydroxylation sites is 1. The van der Waals surface area contributed by atoms with E-state index in [0.717, 1.165) is 17.0 Å². The Bertz CT molecular complexity index is 902. The third kappa shape index (κ3) is 2.24. The lowest BCUT2D eigenvalue weighted by molar-refractivity contribution is 0.111. The molecule has 4 rings (SSSR count). The van der Waals surface area contributed by atoms with Crippen molar-refractivity contribution in [1.29, 1.82) is 0 Å². The SMILES string of the molecule is Cc1cccc(-c2[nH]c(C=O)nc2-c2cccc3c2OCO3)n1. The van der Waals surface area contributed by atoms with Gasteiger partial charge in [-0.15, -0.1) is 0 Å². The number of hydrogen-bond donors (Lipinski definition) is 1. The Labute approximate surface area is 132 Å². The smallest absolute Gasteiger partial charge is 0.231 e. The van der Waals surface area contributed by atoms with Crippen LogP contribution in [0.5, 0.6) is 11.5 Å². The zero-order chi connectivity index (χ0) is 15.8. The van der Waals surface area contributed by atoms with Gasteiger partial charge in [0.1, 0.15) is 5.69 Å². The van der Waals surface area contributed by atoms with Gasteiger partial charge in [-0.05, 0) is 31.2 Å². The quantitative estimate of drug-likeness (QED) is 0.753. The number of benzene rings is 1. The van der Waals surface area contributed by atoms with Crippen LogP contribution >= 0.6 is 0 Å². The van der Waals surface area contributed by atoms with Crippen LogP contribution in [0.25, 0.3) is 22.6 Å². The molecule has 23 heavy (non-hydrogen) atoms. The summed E-state index contributed by atoms with van der Waals surface area (Å²) in [4.78, 5) is 23.1.